The molecule has 0 aromatic carbocycles. The van der Waals surface area contributed by atoms with E-state index < -0.39 is 0 Å². The van der Waals surface area contributed by atoms with Crippen LogP contribution in [0.1, 0.15) is 46.0 Å². The Morgan fingerprint density at radius 2 is 2.00 bits per heavy atom. The lowest BCUT2D eigenvalue weighted by molar-refractivity contribution is 0.251. The lowest BCUT2D eigenvalue weighted by Crippen LogP contribution is -2.46. The lowest BCUT2D eigenvalue weighted by Gasteiger charge is -2.35. The highest BCUT2D eigenvalue weighted by atomic mass is 32.2. The molecule has 2 atom stereocenters. The van der Waals surface area contributed by atoms with E-state index in [0.29, 0.717) is 11.6 Å². The zero-order valence-corrected chi connectivity index (χ0v) is 11.1. The Morgan fingerprint density at radius 3 is 2.62 bits per heavy atom. The van der Waals surface area contributed by atoms with Crippen LogP contribution in [-0.4, -0.2) is 22.5 Å². The second-order valence-corrected chi connectivity index (χ2v) is 7.06. The van der Waals surface area contributed by atoms with Gasteiger partial charge < -0.3 is 5.32 Å². The Morgan fingerprint density at radius 1 is 1.31 bits per heavy atom. The maximum absolute atomic E-state index is 4.81. The van der Waals surface area contributed by atoms with Crippen LogP contribution in [0.3, 0.4) is 0 Å². The Kier molecular flexibility index (Phi) is 2.69. The highest BCUT2D eigenvalue weighted by Gasteiger charge is 2.41. The van der Waals surface area contributed by atoms with Crippen LogP contribution in [0.15, 0.2) is 4.99 Å². The molecule has 3 rings (SSSR count). The summed E-state index contributed by atoms with van der Waals surface area (Å²) in [6.07, 6.45) is 6.78. The normalized spacial score (nSPS) is 49.6. The maximum atomic E-state index is 4.81. The van der Waals surface area contributed by atoms with Crippen molar-refractivity contribution in [3.8, 4) is 0 Å². The van der Waals surface area contributed by atoms with Crippen LogP contribution in [0.25, 0.3) is 0 Å². The first-order valence-electron chi connectivity index (χ1n) is 6.66. The van der Waals surface area contributed by atoms with Crippen LogP contribution < -0.4 is 5.32 Å². The van der Waals surface area contributed by atoms with Crippen molar-refractivity contribution in [2.75, 3.05) is 5.75 Å². The number of nitrogens with one attached hydrogen (secondary N) is 1. The maximum Gasteiger partial charge on any atom is 0.157 e. The summed E-state index contributed by atoms with van der Waals surface area (Å²) >= 11 is 1.96. The van der Waals surface area contributed by atoms with E-state index in [2.05, 4.69) is 19.2 Å². The summed E-state index contributed by atoms with van der Waals surface area (Å²) in [5.74, 6) is 3.01. The van der Waals surface area contributed by atoms with Crippen LogP contribution >= 0.6 is 11.8 Å². The van der Waals surface area contributed by atoms with Gasteiger partial charge in [-0.25, -0.2) is 0 Å². The molecule has 1 N–H and O–H groups in total. The molecule has 90 valence electrons. The Labute approximate surface area is 103 Å². The molecular weight excluding hydrogens is 216 g/mol. The monoisotopic (exact) mass is 238 g/mol. The number of nitrogens with zero attached hydrogens (tertiary/aromatic N) is 1. The fraction of sp³-hybridized carbons (Fsp3) is 0.923. The fourth-order valence-electron chi connectivity index (χ4n) is 2.79. The van der Waals surface area contributed by atoms with Crippen molar-refractivity contribution in [3.05, 3.63) is 0 Å². The molecule has 2 unspecified atom stereocenters. The summed E-state index contributed by atoms with van der Waals surface area (Å²) in [6, 6.07) is 0.632. The summed E-state index contributed by atoms with van der Waals surface area (Å²) in [6.45, 7) is 4.68. The van der Waals surface area contributed by atoms with Crippen LogP contribution in [0.4, 0.5) is 0 Å². The molecule has 3 heteroatoms. The van der Waals surface area contributed by atoms with E-state index >= 15 is 0 Å². The first kappa shape index (κ1) is 10.9. The van der Waals surface area contributed by atoms with Crippen molar-refractivity contribution >= 4 is 16.9 Å². The van der Waals surface area contributed by atoms with E-state index in [1.165, 1.54) is 43.0 Å². The minimum Gasteiger partial charge on any atom is -0.359 e. The quantitative estimate of drug-likeness (QED) is 0.759. The Bertz CT molecular complexity index is 305. The highest BCUT2D eigenvalue weighted by Crippen LogP contribution is 2.40. The van der Waals surface area contributed by atoms with Gasteiger partial charge in [-0.3, -0.25) is 4.99 Å². The molecule has 3 aliphatic rings. The van der Waals surface area contributed by atoms with E-state index in [1.54, 1.807) is 0 Å². The summed E-state index contributed by atoms with van der Waals surface area (Å²) in [7, 11) is 0. The van der Waals surface area contributed by atoms with E-state index in [-0.39, 0.29) is 0 Å². The lowest BCUT2D eigenvalue weighted by atomic mass is 9.78. The number of amidine groups is 1. The predicted molar refractivity (Wildman–Crippen MR) is 71.0 cm³/mol. The van der Waals surface area contributed by atoms with Crippen molar-refractivity contribution in [2.45, 2.75) is 57.5 Å². The molecule has 0 aromatic rings. The van der Waals surface area contributed by atoms with Gasteiger partial charge in [0.1, 0.15) is 0 Å². The molecule has 0 bridgehead atoms. The predicted octanol–water partition coefficient (Wildman–Crippen LogP) is 3.04. The molecule has 1 aliphatic heterocycles. The van der Waals surface area contributed by atoms with Crippen molar-refractivity contribution < 1.29 is 0 Å². The molecule has 1 spiro atoms. The van der Waals surface area contributed by atoms with Gasteiger partial charge in [-0.1, -0.05) is 25.6 Å². The van der Waals surface area contributed by atoms with E-state index in [0.717, 1.165) is 11.8 Å². The van der Waals surface area contributed by atoms with Crippen molar-refractivity contribution in [3.63, 3.8) is 0 Å². The molecule has 0 aromatic heterocycles. The molecular formula is C13H22N2S. The molecule has 3 fully saturated rings. The largest absolute Gasteiger partial charge is 0.359 e. The molecule has 2 saturated carbocycles. The van der Waals surface area contributed by atoms with Gasteiger partial charge in [0.2, 0.25) is 0 Å². The van der Waals surface area contributed by atoms with Crippen LogP contribution in [0, 0.1) is 11.8 Å². The van der Waals surface area contributed by atoms with Crippen molar-refractivity contribution in [1.29, 1.82) is 0 Å². The Hall–Kier alpha value is -0.180. The molecule has 0 amide bonds. The third kappa shape index (κ3) is 2.11. The van der Waals surface area contributed by atoms with E-state index in [4.69, 9.17) is 4.99 Å². The highest BCUT2D eigenvalue weighted by molar-refractivity contribution is 8.14. The first-order chi connectivity index (χ1) is 7.67. The topological polar surface area (TPSA) is 24.4 Å². The summed E-state index contributed by atoms with van der Waals surface area (Å²) < 4.78 is 0. The molecule has 1 heterocycles. The van der Waals surface area contributed by atoms with Gasteiger partial charge >= 0.3 is 0 Å². The third-order valence-corrected chi connectivity index (χ3v) is 5.62. The fourth-order valence-corrected chi connectivity index (χ4v) is 4.06. The molecule has 2 nitrogen and oxygen atoms in total. The smallest absolute Gasteiger partial charge is 0.157 e. The van der Waals surface area contributed by atoms with Crippen molar-refractivity contribution in [2.24, 2.45) is 16.8 Å². The van der Waals surface area contributed by atoms with Gasteiger partial charge in [0.15, 0.2) is 5.17 Å². The van der Waals surface area contributed by atoms with Gasteiger partial charge in [-0.05, 0) is 43.9 Å². The molecule has 0 radical (unpaired) electrons. The van der Waals surface area contributed by atoms with Crippen molar-refractivity contribution in [1.82, 2.24) is 5.32 Å². The van der Waals surface area contributed by atoms with E-state index in [9.17, 15) is 0 Å². The average Bonchev–Trinajstić information content (AvgIpc) is 2.81. The molecule has 16 heavy (non-hydrogen) atoms. The zero-order valence-electron chi connectivity index (χ0n) is 10.3. The van der Waals surface area contributed by atoms with Gasteiger partial charge in [0.25, 0.3) is 0 Å². The summed E-state index contributed by atoms with van der Waals surface area (Å²) in [4.78, 5) is 4.81. The second-order valence-electron chi connectivity index (χ2n) is 6.09. The van der Waals surface area contributed by atoms with Gasteiger partial charge in [-0.15, -0.1) is 0 Å². The standard InChI is InChI=1S/C13H22N2S/c1-9-3-5-13(6-4-9)8-16-12(15-13)14-11-7-10(11)2/h9-11H,3-8H2,1-2H3,(H,14,15). The third-order valence-electron chi connectivity index (χ3n) is 4.44. The SMILES string of the molecule is CC1CCC2(CC1)CSC(=NC1CC1C)N2. The van der Waals surface area contributed by atoms with Gasteiger partial charge in [0.05, 0.1) is 6.04 Å². The Balaban J connectivity index is 1.62. The minimum atomic E-state index is 0.411. The van der Waals surface area contributed by atoms with Crippen LogP contribution in [-0.2, 0) is 0 Å². The van der Waals surface area contributed by atoms with Crippen LogP contribution in [0.5, 0.6) is 0 Å². The number of aliphatic imine (C=N–C) groups is 1. The number of hydrogen-bond donors (Lipinski definition) is 1. The summed E-state index contributed by atoms with van der Waals surface area (Å²) in [5.41, 5.74) is 0.411. The van der Waals surface area contributed by atoms with Gasteiger partial charge in [-0.2, -0.15) is 0 Å². The number of thioether (sulfide) groups is 1. The zero-order chi connectivity index (χ0) is 11.2. The number of hydrogen-bond acceptors (Lipinski definition) is 2. The van der Waals surface area contributed by atoms with E-state index in [1.807, 2.05) is 11.8 Å². The first-order valence-corrected chi connectivity index (χ1v) is 7.64. The average molecular weight is 238 g/mol. The minimum absolute atomic E-state index is 0.411. The summed E-state index contributed by atoms with van der Waals surface area (Å²) in [5, 5.41) is 4.97. The van der Waals surface area contributed by atoms with Crippen LogP contribution in [0.2, 0.25) is 0 Å². The van der Waals surface area contributed by atoms with Gasteiger partial charge in [0, 0.05) is 11.3 Å². The molecule has 2 aliphatic carbocycles. The second kappa shape index (κ2) is 3.94. The molecule has 1 saturated heterocycles. The number of rotatable bonds is 1.